The third kappa shape index (κ3) is 6.24. The lowest BCUT2D eigenvalue weighted by Gasteiger charge is -2.41. The molecule has 2 aliphatic rings. The predicted octanol–water partition coefficient (Wildman–Crippen LogP) is 8.85. The van der Waals surface area contributed by atoms with E-state index in [9.17, 15) is 0 Å². The molecule has 0 amide bonds. The molecule has 0 bridgehead atoms. The maximum absolute atomic E-state index is 7.10. The van der Waals surface area contributed by atoms with Crippen molar-refractivity contribution < 1.29 is 8.85 Å². The van der Waals surface area contributed by atoms with Crippen LogP contribution in [0.4, 0.5) is 0 Å². The first kappa shape index (κ1) is 27.6. The Kier molecular flexibility index (Phi) is 8.00. The molecule has 2 atom stereocenters. The molecule has 34 heavy (non-hydrogen) atoms. The average molecular weight is 499 g/mol. The van der Waals surface area contributed by atoms with Crippen molar-refractivity contribution in [3.63, 3.8) is 0 Å². The van der Waals surface area contributed by atoms with Gasteiger partial charge in [0.2, 0.25) is 0 Å². The Hall–Kier alpha value is -0.946. The van der Waals surface area contributed by atoms with Gasteiger partial charge in [0.05, 0.1) is 12.2 Å². The highest BCUT2D eigenvalue weighted by Crippen LogP contribution is 2.43. The van der Waals surface area contributed by atoms with E-state index >= 15 is 0 Å². The van der Waals surface area contributed by atoms with Crippen molar-refractivity contribution >= 4 is 16.6 Å². The predicted molar refractivity (Wildman–Crippen MR) is 153 cm³/mol. The van der Waals surface area contributed by atoms with E-state index in [1.54, 1.807) is 0 Å². The number of rotatable bonds is 7. The van der Waals surface area contributed by atoms with Crippen molar-refractivity contribution in [1.82, 2.24) is 0 Å². The summed E-state index contributed by atoms with van der Waals surface area (Å²) in [7, 11) is -3.64. The van der Waals surface area contributed by atoms with Gasteiger partial charge in [-0.2, -0.15) is 0 Å². The summed E-state index contributed by atoms with van der Waals surface area (Å²) in [5.74, 6) is 0.553. The molecule has 0 radical (unpaired) electrons. The minimum atomic E-state index is -1.87. The molecule has 2 aliphatic carbocycles. The van der Waals surface area contributed by atoms with Crippen LogP contribution in [0.5, 0.6) is 0 Å². The van der Waals surface area contributed by atoms with Crippen LogP contribution in [0, 0.1) is 5.92 Å². The zero-order valence-electron chi connectivity index (χ0n) is 23.7. The van der Waals surface area contributed by atoms with E-state index in [0.29, 0.717) is 5.92 Å². The van der Waals surface area contributed by atoms with Crippen LogP contribution >= 0.6 is 0 Å². The van der Waals surface area contributed by atoms with Crippen LogP contribution in [-0.4, -0.2) is 28.8 Å². The highest BCUT2D eigenvalue weighted by Gasteiger charge is 2.42. The Morgan fingerprint density at radius 3 is 1.91 bits per heavy atom. The highest BCUT2D eigenvalue weighted by molar-refractivity contribution is 6.74. The number of benzene rings is 1. The summed E-state index contributed by atoms with van der Waals surface area (Å²) in [6.07, 6.45) is 8.23. The Morgan fingerprint density at radius 2 is 1.41 bits per heavy atom. The second-order valence-corrected chi connectivity index (χ2v) is 23.3. The van der Waals surface area contributed by atoms with Gasteiger partial charge in [0.25, 0.3) is 0 Å². The first-order chi connectivity index (χ1) is 15.5. The standard InChI is InChI=1S/C30H50O2Si2/c1-22-18-27(31-33(8,9)29(2,3)4)21-23(22)16-17-28(32-34(10,11)30(5,6)7)26-19-24-14-12-13-15-25(24)20-26/h12-16,26-28H,1,17-21H2,2-11H3/b23-16+/t27-,28+/m0/s1. The molecule has 0 aliphatic heterocycles. The molecule has 4 heteroatoms. The number of fused-ring (bicyclic) bond motifs is 1. The summed E-state index contributed by atoms with van der Waals surface area (Å²) in [5.41, 5.74) is 5.70. The summed E-state index contributed by atoms with van der Waals surface area (Å²) in [4.78, 5) is 0. The van der Waals surface area contributed by atoms with Gasteiger partial charge in [-0.15, -0.1) is 0 Å². The third-order valence-corrected chi connectivity index (χ3v) is 18.1. The molecule has 1 saturated carbocycles. The normalized spacial score (nSPS) is 22.5. The molecular formula is C30H50O2Si2. The van der Waals surface area contributed by atoms with E-state index < -0.39 is 16.6 Å². The zero-order chi connectivity index (χ0) is 25.5. The molecule has 0 heterocycles. The maximum Gasteiger partial charge on any atom is 0.192 e. The van der Waals surface area contributed by atoms with Gasteiger partial charge in [-0.25, -0.2) is 0 Å². The van der Waals surface area contributed by atoms with Crippen LogP contribution in [0.15, 0.2) is 48.1 Å². The topological polar surface area (TPSA) is 18.5 Å². The second kappa shape index (κ2) is 9.84. The van der Waals surface area contributed by atoms with Gasteiger partial charge in [0.1, 0.15) is 0 Å². The average Bonchev–Trinajstić information content (AvgIpc) is 3.26. The fourth-order valence-electron chi connectivity index (χ4n) is 4.78. The highest BCUT2D eigenvalue weighted by atomic mass is 28.4. The Bertz CT molecular complexity index is 889. The molecular weight excluding hydrogens is 449 g/mol. The van der Waals surface area contributed by atoms with Crippen molar-refractivity contribution in [2.24, 2.45) is 5.92 Å². The van der Waals surface area contributed by atoms with Crippen molar-refractivity contribution in [1.29, 1.82) is 0 Å². The van der Waals surface area contributed by atoms with E-state index in [1.807, 2.05) is 0 Å². The summed E-state index contributed by atoms with van der Waals surface area (Å²) >= 11 is 0. The van der Waals surface area contributed by atoms with Gasteiger partial charge in [-0.3, -0.25) is 0 Å². The molecule has 0 spiro atoms. The maximum atomic E-state index is 7.10. The smallest absolute Gasteiger partial charge is 0.192 e. The van der Waals surface area contributed by atoms with Crippen LogP contribution in [0.2, 0.25) is 36.3 Å². The minimum Gasteiger partial charge on any atom is -0.413 e. The number of hydrogen-bond acceptors (Lipinski definition) is 2. The van der Waals surface area contributed by atoms with E-state index in [1.165, 1.54) is 22.3 Å². The van der Waals surface area contributed by atoms with Gasteiger partial charge in [-0.1, -0.05) is 78.5 Å². The van der Waals surface area contributed by atoms with Gasteiger partial charge < -0.3 is 8.85 Å². The Labute approximate surface area is 212 Å². The summed E-state index contributed by atoms with van der Waals surface area (Å²) in [5, 5.41) is 0.448. The van der Waals surface area contributed by atoms with E-state index in [0.717, 1.165) is 32.1 Å². The minimum absolute atomic E-state index is 0.211. The van der Waals surface area contributed by atoms with Gasteiger partial charge in [0, 0.05) is 0 Å². The fourth-order valence-corrected chi connectivity index (χ4v) is 7.53. The first-order valence-corrected chi connectivity index (χ1v) is 19.1. The molecule has 1 aromatic carbocycles. The quantitative estimate of drug-likeness (QED) is 0.349. The SMILES string of the molecule is C=C1C[C@H](O[Si](C)(C)C(C)(C)C)C/C1=C\C[C@@H](O[Si](C)(C)C(C)(C)C)C1Cc2ccccc2C1. The van der Waals surface area contributed by atoms with Crippen LogP contribution in [0.1, 0.15) is 71.9 Å². The van der Waals surface area contributed by atoms with E-state index in [-0.39, 0.29) is 22.3 Å². The molecule has 2 nitrogen and oxygen atoms in total. The third-order valence-electron chi connectivity index (χ3n) is 9.10. The second-order valence-electron chi connectivity index (χ2n) is 13.8. The van der Waals surface area contributed by atoms with Crippen molar-refractivity contribution in [2.45, 2.75) is 122 Å². The monoisotopic (exact) mass is 498 g/mol. The van der Waals surface area contributed by atoms with Crippen LogP contribution in [0.3, 0.4) is 0 Å². The molecule has 3 rings (SSSR count). The van der Waals surface area contributed by atoms with Crippen LogP contribution in [-0.2, 0) is 21.7 Å². The van der Waals surface area contributed by atoms with E-state index in [2.05, 4.69) is 105 Å². The lowest BCUT2D eigenvalue weighted by molar-refractivity contribution is 0.123. The lowest BCUT2D eigenvalue weighted by Crippen LogP contribution is -2.46. The zero-order valence-corrected chi connectivity index (χ0v) is 25.7. The van der Waals surface area contributed by atoms with Crippen LogP contribution < -0.4 is 0 Å². The summed E-state index contributed by atoms with van der Waals surface area (Å²) < 4.78 is 13.9. The fraction of sp³-hybridized carbons (Fsp3) is 0.667. The van der Waals surface area contributed by atoms with Crippen molar-refractivity contribution in [3.8, 4) is 0 Å². The molecule has 190 valence electrons. The van der Waals surface area contributed by atoms with E-state index in [4.69, 9.17) is 8.85 Å². The summed E-state index contributed by atoms with van der Waals surface area (Å²) in [6, 6.07) is 8.97. The van der Waals surface area contributed by atoms with Crippen molar-refractivity contribution in [2.75, 3.05) is 0 Å². The van der Waals surface area contributed by atoms with Gasteiger partial charge in [0.15, 0.2) is 16.6 Å². The van der Waals surface area contributed by atoms with Crippen molar-refractivity contribution in [3.05, 3.63) is 59.2 Å². The largest absolute Gasteiger partial charge is 0.413 e. The molecule has 1 fully saturated rings. The molecule has 0 aromatic heterocycles. The molecule has 0 unspecified atom stereocenters. The van der Waals surface area contributed by atoms with Gasteiger partial charge >= 0.3 is 0 Å². The lowest BCUT2D eigenvalue weighted by atomic mass is 9.95. The van der Waals surface area contributed by atoms with Gasteiger partial charge in [-0.05, 0) is 96.6 Å². The first-order valence-electron chi connectivity index (χ1n) is 13.3. The summed E-state index contributed by atoms with van der Waals surface area (Å²) in [6.45, 7) is 28.0. The number of hydrogen-bond donors (Lipinski definition) is 0. The Balaban J connectivity index is 1.75. The Morgan fingerprint density at radius 1 is 0.882 bits per heavy atom. The molecule has 0 saturated heterocycles. The molecule has 0 N–H and O–H groups in total. The molecule has 1 aromatic rings. The van der Waals surface area contributed by atoms with Crippen LogP contribution in [0.25, 0.3) is 0 Å².